The predicted octanol–water partition coefficient (Wildman–Crippen LogP) is 2.51. The number of benzene rings is 1. The van der Waals surface area contributed by atoms with Crippen LogP contribution >= 0.6 is 23.2 Å². The van der Waals surface area contributed by atoms with Crippen molar-refractivity contribution in [2.24, 2.45) is 0 Å². The van der Waals surface area contributed by atoms with E-state index >= 15 is 0 Å². The number of amides is 1. The van der Waals surface area contributed by atoms with E-state index in [4.69, 9.17) is 28.9 Å². The number of nitrogen functional groups attached to an aromatic ring is 1. The Kier molecular flexibility index (Phi) is 4.90. The standard InChI is InChI=1S/C11H15Cl2N3O/c1-6(2)16-10(17)5-15-11-8(12)3-7(14)4-9(11)13/h3-4,6,15H,5,14H2,1-2H3,(H,16,17). The van der Waals surface area contributed by atoms with E-state index in [1.807, 2.05) is 13.8 Å². The van der Waals surface area contributed by atoms with Gasteiger partial charge < -0.3 is 16.4 Å². The lowest BCUT2D eigenvalue weighted by molar-refractivity contribution is -0.119. The van der Waals surface area contributed by atoms with Gasteiger partial charge in [0.15, 0.2) is 0 Å². The molecule has 1 aromatic rings. The Morgan fingerprint density at radius 1 is 1.35 bits per heavy atom. The van der Waals surface area contributed by atoms with Gasteiger partial charge in [-0.25, -0.2) is 0 Å². The maximum atomic E-state index is 11.4. The summed E-state index contributed by atoms with van der Waals surface area (Å²) < 4.78 is 0. The summed E-state index contributed by atoms with van der Waals surface area (Å²) in [5.74, 6) is -0.121. The maximum Gasteiger partial charge on any atom is 0.239 e. The summed E-state index contributed by atoms with van der Waals surface area (Å²) in [5.41, 5.74) is 6.57. The minimum atomic E-state index is -0.121. The second-order valence-electron chi connectivity index (χ2n) is 3.94. The van der Waals surface area contributed by atoms with Gasteiger partial charge in [0.05, 0.1) is 22.3 Å². The predicted molar refractivity (Wildman–Crippen MR) is 72.6 cm³/mol. The SMILES string of the molecule is CC(C)NC(=O)CNc1c(Cl)cc(N)cc1Cl. The van der Waals surface area contributed by atoms with Crippen LogP contribution in [0.15, 0.2) is 12.1 Å². The largest absolute Gasteiger partial charge is 0.399 e. The number of halogens is 2. The van der Waals surface area contributed by atoms with Crippen molar-refractivity contribution in [1.82, 2.24) is 5.32 Å². The molecule has 0 aliphatic carbocycles. The van der Waals surface area contributed by atoms with Gasteiger partial charge in [-0.1, -0.05) is 23.2 Å². The normalized spacial score (nSPS) is 10.4. The van der Waals surface area contributed by atoms with Crippen LogP contribution in [-0.4, -0.2) is 18.5 Å². The highest BCUT2D eigenvalue weighted by Gasteiger charge is 2.09. The van der Waals surface area contributed by atoms with Gasteiger partial charge in [-0.15, -0.1) is 0 Å². The number of nitrogens with two attached hydrogens (primary N) is 1. The Bertz CT molecular complexity index is 398. The molecule has 1 rings (SSSR count). The van der Waals surface area contributed by atoms with Crippen molar-refractivity contribution in [2.75, 3.05) is 17.6 Å². The maximum absolute atomic E-state index is 11.4. The molecule has 6 heteroatoms. The van der Waals surface area contributed by atoms with Gasteiger partial charge in [0, 0.05) is 11.7 Å². The van der Waals surface area contributed by atoms with Crippen LogP contribution in [0.5, 0.6) is 0 Å². The van der Waals surface area contributed by atoms with Gasteiger partial charge in [0.25, 0.3) is 0 Å². The minimum absolute atomic E-state index is 0.0988. The molecule has 17 heavy (non-hydrogen) atoms. The molecule has 0 aliphatic heterocycles. The summed E-state index contributed by atoms with van der Waals surface area (Å²) in [6, 6.07) is 3.26. The summed E-state index contributed by atoms with van der Waals surface area (Å²) in [6.07, 6.45) is 0. The molecule has 0 heterocycles. The quantitative estimate of drug-likeness (QED) is 0.740. The number of rotatable bonds is 4. The molecular weight excluding hydrogens is 261 g/mol. The Morgan fingerprint density at radius 3 is 2.35 bits per heavy atom. The molecule has 4 nitrogen and oxygen atoms in total. The summed E-state index contributed by atoms with van der Waals surface area (Å²) in [5, 5.41) is 6.42. The lowest BCUT2D eigenvalue weighted by atomic mass is 10.2. The fourth-order valence-electron chi connectivity index (χ4n) is 1.30. The van der Waals surface area contributed by atoms with Gasteiger partial charge >= 0.3 is 0 Å². The highest BCUT2D eigenvalue weighted by atomic mass is 35.5. The summed E-state index contributed by atoms with van der Waals surface area (Å²) in [6.45, 7) is 3.89. The third kappa shape index (κ3) is 4.32. The third-order valence-electron chi connectivity index (χ3n) is 1.94. The van der Waals surface area contributed by atoms with Crippen molar-refractivity contribution in [1.29, 1.82) is 0 Å². The molecule has 0 saturated carbocycles. The highest BCUT2D eigenvalue weighted by Crippen LogP contribution is 2.32. The zero-order chi connectivity index (χ0) is 13.0. The molecule has 0 atom stereocenters. The Morgan fingerprint density at radius 2 is 1.88 bits per heavy atom. The van der Waals surface area contributed by atoms with Crippen LogP contribution in [-0.2, 0) is 4.79 Å². The number of carbonyl (C=O) groups excluding carboxylic acids is 1. The summed E-state index contributed by atoms with van der Waals surface area (Å²) in [7, 11) is 0. The number of hydrogen-bond donors (Lipinski definition) is 3. The van der Waals surface area contributed by atoms with Crippen LogP contribution in [0.3, 0.4) is 0 Å². The van der Waals surface area contributed by atoms with Gasteiger partial charge in [-0.3, -0.25) is 4.79 Å². The average molecular weight is 276 g/mol. The molecule has 1 aromatic carbocycles. The molecule has 0 radical (unpaired) electrons. The van der Waals surface area contributed by atoms with Crippen molar-refractivity contribution in [2.45, 2.75) is 19.9 Å². The Labute approximate surface area is 110 Å². The highest BCUT2D eigenvalue weighted by molar-refractivity contribution is 6.39. The van der Waals surface area contributed by atoms with Crippen molar-refractivity contribution < 1.29 is 4.79 Å². The van der Waals surface area contributed by atoms with Crippen molar-refractivity contribution in [3.05, 3.63) is 22.2 Å². The zero-order valence-corrected chi connectivity index (χ0v) is 11.2. The number of nitrogens with one attached hydrogen (secondary N) is 2. The van der Waals surface area contributed by atoms with E-state index in [1.54, 1.807) is 12.1 Å². The van der Waals surface area contributed by atoms with E-state index in [1.165, 1.54) is 0 Å². The molecule has 94 valence electrons. The first-order chi connectivity index (χ1) is 7.90. The van der Waals surface area contributed by atoms with E-state index in [9.17, 15) is 4.79 Å². The van der Waals surface area contributed by atoms with Crippen LogP contribution in [0.2, 0.25) is 10.0 Å². The van der Waals surface area contributed by atoms with E-state index in [2.05, 4.69) is 10.6 Å². The van der Waals surface area contributed by atoms with E-state index in [0.717, 1.165) is 0 Å². The molecular formula is C11H15Cl2N3O. The first kappa shape index (κ1) is 13.9. The van der Waals surface area contributed by atoms with Gasteiger partial charge in [-0.2, -0.15) is 0 Å². The molecule has 0 saturated heterocycles. The summed E-state index contributed by atoms with van der Waals surface area (Å²) in [4.78, 5) is 11.4. The third-order valence-corrected chi connectivity index (χ3v) is 2.54. The zero-order valence-electron chi connectivity index (χ0n) is 9.68. The van der Waals surface area contributed by atoms with E-state index in [0.29, 0.717) is 21.4 Å². The van der Waals surface area contributed by atoms with Crippen molar-refractivity contribution in [3.8, 4) is 0 Å². The Balaban J connectivity index is 2.67. The van der Waals surface area contributed by atoms with Crippen molar-refractivity contribution in [3.63, 3.8) is 0 Å². The topological polar surface area (TPSA) is 67.2 Å². The molecule has 1 amide bonds. The fraction of sp³-hybridized carbons (Fsp3) is 0.364. The lowest BCUT2D eigenvalue weighted by Crippen LogP contribution is -2.34. The molecule has 0 fully saturated rings. The molecule has 0 unspecified atom stereocenters. The Hall–Kier alpha value is -1.13. The lowest BCUT2D eigenvalue weighted by Gasteiger charge is -2.12. The minimum Gasteiger partial charge on any atom is -0.399 e. The fourth-order valence-corrected chi connectivity index (χ4v) is 1.94. The van der Waals surface area contributed by atoms with Crippen LogP contribution < -0.4 is 16.4 Å². The van der Waals surface area contributed by atoms with Crippen molar-refractivity contribution >= 4 is 40.5 Å². The molecule has 0 spiro atoms. The number of hydrogen-bond acceptors (Lipinski definition) is 3. The van der Waals surface area contributed by atoms with Crippen LogP contribution in [0, 0.1) is 0 Å². The first-order valence-electron chi connectivity index (χ1n) is 5.18. The molecule has 0 aromatic heterocycles. The second-order valence-corrected chi connectivity index (χ2v) is 4.75. The first-order valence-corrected chi connectivity index (χ1v) is 5.93. The molecule has 0 bridgehead atoms. The molecule has 0 aliphatic rings. The van der Waals surface area contributed by atoms with E-state index in [-0.39, 0.29) is 18.5 Å². The average Bonchev–Trinajstić information content (AvgIpc) is 2.14. The van der Waals surface area contributed by atoms with Gasteiger partial charge in [0.2, 0.25) is 5.91 Å². The van der Waals surface area contributed by atoms with Gasteiger partial charge in [0.1, 0.15) is 0 Å². The summed E-state index contributed by atoms with van der Waals surface area (Å²) >= 11 is 11.9. The van der Waals surface area contributed by atoms with Crippen LogP contribution in [0.4, 0.5) is 11.4 Å². The van der Waals surface area contributed by atoms with Crippen LogP contribution in [0.1, 0.15) is 13.8 Å². The number of anilines is 2. The van der Waals surface area contributed by atoms with Crippen LogP contribution in [0.25, 0.3) is 0 Å². The number of carbonyl (C=O) groups is 1. The van der Waals surface area contributed by atoms with Gasteiger partial charge in [-0.05, 0) is 26.0 Å². The monoisotopic (exact) mass is 275 g/mol. The second kappa shape index (κ2) is 5.98. The molecule has 4 N–H and O–H groups in total. The van der Waals surface area contributed by atoms with E-state index < -0.39 is 0 Å². The smallest absolute Gasteiger partial charge is 0.239 e.